The van der Waals surface area contributed by atoms with Crippen LogP contribution in [0.1, 0.15) is 11.3 Å². The van der Waals surface area contributed by atoms with Gasteiger partial charge in [-0.15, -0.1) is 0 Å². The number of hydrogen-bond acceptors (Lipinski definition) is 3. The van der Waals surface area contributed by atoms with E-state index in [-0.39, 0.29) is 6.42 Å². The SMILES string of the molecule is Cc1ccn2c(-c3ccccc3)c(-c3ccc(CC(=O)O)cc3)nc2n1. The van der Waals surface area contributed by atoms with Gasteiger partial charge in [0, 0.05) is 23.0 Å². The van der Waals surface area contributed by atoms with Crippen LogP contribution >= 0.6 is 0 Å². The number of aryl methyl sites for hydroxylation is 1. The number of fused-ring (bicyclic) bond motifs is 1. The van der Waals surface area contributed by atoms with Gasteiger partial charge < -0.3 is 5.11 Å². The molecule has 0 aliphatic carbocycles. The molecule has 0 radical (unpaired) electrons. The number of benzene rings is 2. The number of aliphatic carboxylic acids is 1. The van der Waals surface area contributed by atoms with Crippen LogP contribution in [-0.4, -0.2) is 25.4 Å². The van der Waals surface area contributed by atoms with Crippen molar-refractivity contribution < 1.29 is 9.90 Å². The number of carbonyl (C=O) groups is 1. The van der Waals surface area contributed by atoms with Crippen LogP contribution in [0.2, 0.25) is 0 Å². The molecule has 0 saturated carbocycles. The van der Waals surface area contributed by atoms with Gasteiger partial charge in [-0.05, 0) is 18.6 Å². The number of carboxylic acids is 1. The van der Waals surface area contributed by atoms with Crippen LogP contribution < -0.4 is 0 Å². The number of imidazole rings is 1. The lowest BCUT2D eigenvalue weighted by Crippen LogP contribution is -1.99. The molecule has 0 saturated heterocycles. The van der Waals surface area contributed by atoms with Gasteiger partial charge in [-0.1, -0.05) is 54.6 Å². The summed E-state index contributed by atoms with van der Waals surface area (Å²) >= 11 is 0. The van der Waals surface area contributed by atoms with E-state index in [0.29, 0.717) is 5.78 Å². The molecule has 0 aliphatic heterocycles. The molecule has 5 nitrogen and oxygen atoms in total. The second kappa shape index (κ2) is 6.44. The van der Waals surface area contributed by atoms with Crippen LogP contribution in [0.25, 0.3) is 28.3 Å². The zero-order valence-corrected chi connectivity index (χ0v) is 14.3. The lowest BCUT2D eigenvalue weighted by atomic mass is 10.0. The molecule has 5 heteroatoms. The largest absolute Gasteiger partial charge is 0.481 e. The van der Waals surface area contributed by atoms with Crippen LogP contribution in [0.5, 0.6) is 0 Å². The number of hydrogen-bond donors (Lipinski definition) is 1. The normalized spacial score (nSPS) is 11.0. The van der Waals surface area contributed by atoms with E-state index in [9.17, 15) is 4.79 Å². The standard InChI is InChI=1S/C21H17N3O2/c1-14-11-12-24-20(17-5-3-2-4-6-17)19(23-21(24)22-14)16-9-7-15(8-10-16)13-18(25)26/h2-12H,13H2,1H3,(H,25,26). The Morgan fingerprint density at radius 3 is 2.38 bits per heavy atom. The Morgan fingerprint density at radius 1 is 0.962 bits per heavy atom. The summed E-state index contributed by atoms with van der Waals surface area (Å²) in [6, 6.07) is 19.5. The molecule has 1 N–H and O–H groups in total. The highest BCUT2D eigenvalue weighted by molar-refractivity contribution is 5.81. The lowest BCUT2D eigenvalue weighted by molar-refractivity contribution is -0.136. The molecule has 128 valence electrons. The smallest absolute Gasteiger partial charge is 0.307 e. The van der Waals surface area contributed by atoms with Crippen molar-refractivity contribution >= 4 is 11.7 Å². The maximum Gasteiger partial charge on any atom is 0.307 e. The topological polar surface area (TPSA) is 67.5 Å². The zero-order chi connectivity index (χ0) is 18.1. The van der Waals surface area contributed by atoms with Crippen LogP contribution in [0, 0.1) is 6.92 Å². The summed E-state index contributed by atoms with van der Waals surface area (Å²) in [7, 11) is 0. The summed E-state index contributed by atoms with van der Waals surface area (Å²) in [5.41, 5.74) is 5.46. The minimum absolute atomic E-state index is 0.0116. The van der Waals surface area contributed by atoms with Crippen LogP contribution in [0.15, 0.2) is 66.9 Å². The predicted molar refractivity (Wildman–Crippen MR) is 99.9 cm³/mol. The number of nitrogens with zero attached hydrogens (tertiary/aromatic N) is 3. The van der Waals surface area contributed by atoms with Gasteiger partial charge in [0.15, 0.2) is 0 Å². The summed E-state index contributed by atoms with van der Waals surface area (Å²) < 4.78 is 1.99. The van der Waals surface area contributed by atoms with Gasteiger partial charge in [-0.2, -0.15) is 0 Å². The Morgan fingerprint density at radius 2 is 1.69 bits per heavy atom. The highest BCUT2D eigenvalue weighted by atomic mass is 16.4. The van der Waals surface area contributed by atoms with E-state index in [4.69, 9.17) is 10.1 Å². The Labute approximate surface area is 150 Å². The van der Waals surface area contributed by atoms with E-state index in [1.54, 1.807) is 0 Å². The van der Waals surface area contributed by atoms with Crippen molar-refractivity contribution in [3.8, 4) is 22.5 Å². The molecule has 2 heterocycles. The van der Waals surface area contributed by atoms with Crippen LogP contribution in [-0.2, 0) is 11.2 Å². The molecule has 0 amide bonds. The summed E-state index contributed by atoms with van der Waals surface area (Å²) in [6.45, 7) is 1.94. The third-order valence-electron chi connectivity index (χ3n) is 4.26. The second-order valence-corrected chi connectivity index (χ2v) is 6.18. The van der Waals surface area contributed by atoms with Crippen molar-refractivity contribution in [2.24, 2.45) is 0 Å². The molecule has 4 aromatic rings. The molecule has 0 atom stereocenters. The monoisotopic (exact) mass is 343 g/mol. The van der Waals surface area contributed by atoms with Gasteiger partial charge in [0.2, 0.25) is 5.78 Å². The molecule has 4 rings (SSSR count). The van der Waals surface area contributed by atoms with Gasteiger partial charge >= 0.3 is 5.97 Å². The molecule has 2 aromatic heterocycles. The van der Waals surface area contributed by atoms with Crippen molar-refractivity contribution in [2.75, 3.05) is 0 Å². The quantitative estimate of drug-likeness (QED) is 0.608. The average Bonchev–Trinajstić information content (AvgIpc) is 3.01. The first-order valence-corrected chi connectivity index (χ1v) is 8.34. The summed E-state index contributed by atoms with van der Waals surface area (Å²) in [5.74, 6) is -0.191. The van der Waals surface area contributed by atoms with Crippen LogP contribution in [0.3, 0.4) is 0 Å². The fourth-order valence-corrected chi connectivity index (χ4v) is 3.05. The predicted octanol–water partition coefficient (Wildman–Crippen LogP) is 4.00. The molecule has 0 aliphatic rings. The summed E-state index contributed by atoms with van der Waals surface area (Å²) in [6.07, 6.45) is 1.99. The molecule has 0 spiro atoms. The number of carboxylic acid groups (broad SMARTS) is 1. The molecular weight excluding hydrogens is 326 g/mol. The Kier molecular flexibility index (Phi) is 3.97. The minimum Gasteiger partial charge on any atom is -0.481 e. The van der Waals surface area contributed by atoms with E-state index < -0.39 is 5.97 Å². The second-order valence-electron chi connectivity index (χ2n) is 6.18. The molecule has 0 bridgehead atoms. The molecule has 0 fully saturated rings. The van der Waals surface area contributed by atoms with Gasteiger partial charge in [0.1, 0.15) is 0 Å². The average molecular weight is 343 g/mol. The van der Waals surface area contributed by atoms with Crippen molar-refractivity contribution in [1.29, 1.82) is 0 Å². The fourth-order valence-electron chi connectivity index (χ4n) is 3.05. The number of rotatable bonds is 4. The number of aromatic nitrogens is 3. The third-order valence-corrected chi connectivity index (χ3v) is 4.26. The van der Waals surface area contributed by atoms with Crippen LogP contribution in [0.4, 0.5) is 0 Å². The van der Waals surface area contributed by atoms with Gasteiger partial charge in [0.25, 0.3) is 0 Å². The Balaban J connectivity index is 1.90. The van der Waals surface area contributed by atoms with Gasteiger partial charge in [-0.25, -0.2) is 9.97 Å². The third kappa shape index (κ3) is 2.95. The first kappa shape index (κ1) is 16.0. The Bertz CT molecular complexity index is 1080. The first-order valence-electron chi connectivity index (χ1n) is 8.34. The van der Waals surface area contributed by atoms with Gasteiger partial charge in [0.05, 0.1) is 17.8 Å². The van der Waals surface area contributed by atoms with Crippen molar-refractivity contribution in [3.63, 3.8) is 0 Å². The molecule has 0 unspecified atom stereocenters. The highest BCUT2D eigenvalue weighted by Gasteiger charge is 2.16. The molecule has 2 aromatic carbocycles. The van der Waals surface area contributed by atoms with Gasteiger partial charge in [-0.3, -0.25) is 9.20 Å². The van der Waals surface area contributed by atoms with E-state index in [1.807, 2.05) is 78.2 Å². The summed E-state index contributed by atoms with van der Waals surface area (Å²) in [5, 5.41) is 8.94. The van der Waals surface area contributed by atoms with E-state index in [2.05, 4.69) is 4.98 Å². The van der Waals surface area contributed by atoms with Crippen molar-refractivity contribution in [3.05, 3.63) is 78.1 Å². The van der Waals surface area contributed by atoms with Crippen molar-refractivity contribution in [2.45, 2.75) is 13.3 Å². The molecule has 26 heavy (non-hydrogen) atoms. The molecular formula is C21H17N3O2. The highest BCUT2D eigenvalue weighted by Crippen LogP contribution is 2.32. The van der Waals surface area contributed by atoms with Crippen molar-refractivity contribution in [1.82, 2.24) is 14.4 Å². The fraction of sp³-hybridized carbons (Fsp3) is 0.0952. The maximum absolute atomic E-state index is 10.9. The lowest BCUT2D eigenvalue weighted by Gasteiger charge is -2.06. The zero-order valence-electron chi connectivity index (χ0n) is 14.3. The first-order chi connectivity index (χ1) is 12.6. The summed E-state index contributed by atoms with van der Waals surface area (Å²) in [4.78, 5) is 20.2. The van der Waals surface area contributed by atoms with E-state index in [0.717, 1.165) is 33.8 Å². The van der Waals surface area contributed by atoms with E-state index in [1.165, 1.54) is 0 Å². The Hall–Kier alpha value is -3.47. The minimum atomic E-state index is -0.838. The maximum atomic E-state index is 10.9. The van der Waals surface area contributed by atoms with E-state index >= 15 is 0 Å².